The first-order valence-electron chi connectivity index (χ1n) is 6.61. The van der Waals surface area contributed by atoms with E-state index in [4.69, 9.17) is 0 Å². The predicted octanol–water partition coefficient (Wildman–Crippen LogP) is 3.17. The van der Waals surface area contributed by atoms with Crippen LogP contribution in [0.4, 0.5) is 0 Å². The first-order chi connectivity index (χ1) is 7.86. The van der Waals surface area contributed by atoms with Gasteiger partial charge in [-0.2, -0.15) is 0 Å². The van der Waals surface area contributed by atoms with Gasteiger partial charge in [-0.3, -0.25) is 0 Å². The summed E-state index contributed by atoms with van der Waals surface area (Å²) in [5.74, 6) is 1.06. The number of nitrogens with one attached hydrogen (secondary N) is 2. The summed E-state index contributed by atoms with van der Waals surface area (Å²) in [4.78, 5) is 7.49. The number of aromatic amines is 1. The molecule has 0 radical (unpaired) electrons. The van der Waals surface area contributed by atoms with Crippen LogP contribution in [0, 0.1) is 0 Å². The lowest BCUT2D eigenvalue weighted by Crippen LogP contribution is -2.32. The summed E-state index contributed by atoms with van der Waals surface area (Å²) >= 11 is 0. The van der Waals surface area contributed by atoms with Crippen LogP contribution in [0.3, 0.4) is 0 Å². The van der Waals surface area contributed by atoms with Crippen molar-refractivity contribution in [3.63, 3.8) is 0 Å². The van der Waals surface area contributed by atoms with Gasteiger partial charge in [0.05, 0.1) is 6.04 Å². The lowest BCUT2D eigenvalue weighted by atomic mass is 9.96. The average Bonchev–Trinajstić information content (AvgIpc) is 2.74. The molecule has 16 heavy (non-hydrogen) atoms. The van der Waals surface area contributed by atoms with E-state index in [2.05, 4.69) is 22.2 Å². The van der Waals surface area contributed by atoms with Gasteiger partial charge in [0.25, 0.3) is 0 Å². The molecule has 1 aliphatic rings. The van der Waals surface area contributed by atoms with Crippen LogP contribution in [0.25, 0.3) is 0 Å². The summed E-state index contributed by atoms with van der Waals surface area (Å²) in [7, 11) is 0. The zero-order valence-corrected chi connectivity index (χ0v) is 10.2. The number of aromatic nitrogens is 2. The van der Waals surface area contributed by atoms with Gasteiger partial charge in [-0.15, -0.1) is 0 Å². The summed E-state index contributed by atoms with van der Waals surface area (Å²) in [5, 5.41) is 3.70. The molecule has 1 saturated carbocycles. The van der Waals surface area contributed by atoms with Crippen molar-refractivity contribution >= 4 is 0 Å². The van der Waals surface area contributed by atoms with Gasteiger partial charge in [0.2, 0.25) is 0 Å². The van der Waals surface area contributed by atoms with Crippen molar-refractivity contribution in [3.8, 4) is 0 Å². The molecule has 1 unspecified atom stereocenters. The summed E-state index contributed by atoms with van der Waals surface area (Å²) < 4.78 is 0. The maximum absolute atomic E-state index is 4.31. The molecule has 1 aliphatic carbocycles. The van der Waals surface area contributed by atoms with E-state index in [0.29, 0.717) is 12.1 Å². The van der Waals surface area contributed by atoms with Gasteiger partial charge in [0.15, 0.2) is 0 Å². The van der Waals surface area contributed by atoms with Gasteiger partial charge in [0, 0.05) is 18.4 Å². The molecule has 0 bridgehead atoms. The third-order valence-corrected chi connectivity index (χ3v) is 3.52. The molecule has 0 amide bonds. The molecule has 1 aromatic heterocycles. The lowest BCUT2D eigenvalue weighted by molar-refractivity contribution is 0.358. The molecule has 0 spiro atoms. The quantitative estimate of drug-likeness (QED) is 0.823. The smallest absolute Gasteiger partial charge is 0.122 e. The minimum absolute atomic E-state index is 0.347. The molecule has 3 nitrogen and oxygen atoms in total. The minimum atomic E-state index is 0.347. The number of hydrogen-bond acceptors (Lipinski definition) is 2. The van der Waals surface area contributed by atoms with Gasteiger partial charge in [-0.1, -0.05) is 32.1 Å². The minimum Gasteiger partial charge on any atom is -0.347 e. The largest absolute Gasteiger partial charge is 0.347 e. The Morgan fingerprint density at radius 2 is 1.94 bits per heavy atom. The van der Waals surface area contributed by atoms with Crippen molar-refractivity contribution in [2.75, 3.05) is 0 Å². The van der Waals surface area contributed by atoms with Crippen molar-refractivity contribution in [2.24, 2.45) is 0 Å². The van der Waals surface area contributed by atoms with Crippen molar-refractivity contribution < 1.29 is 0 Å². The van der Waals surface area contributed by atoms with Gasteiger partial charge < -0.3 is 10.3 Å². The maximum Gasteiger partial charge on any atom is 0.122 e. The molecule has 2 N–H and O–H groups in total. The Balaban J connectivity index is 1.82. The van der Waals surface area contributed by atoms with Crippen LogP contribution < -0.4 is 5.32 Å². The standard InChI is InChI=1S/C13H23N3/c1-11(13-14-9-10-15-13)16-12-7-5-3-2-4-6-8-12/h9-12,16H,2-8H2,1H3,(H,14,15). The van der Waals surface area contributed by atoms with E-state index in [9.17, 15) is 0 Å². The van der Waals surface area contributed by atoms with E-state index >= 15 is 0 Å². The maximum atomic E-state index is 4.31. The molecule has 90 valence electrons. The normalized spacial score (nSPS) is 21.3. The van der Waals surface area contributed by atoms with Crippen molar-refractivity contribution in [1.29, 1.82) is 0 Å². The van der Waals surface area contributed by atoms with E-state index in [1.807, 2.05) is 12.4 Å². The summed E-state index contributed by atoms with van der Waals surface area (Å²) in [6.45, 7) is 2.19. The molecule has 0 aromatic carbocycles. The van der Waals surface area contributed by atoms with Gasteiger partial charge in [-0.05, 0) is 19.8 Å². The van der Waals surface area contributed by atoms with Crippen LogP contribution in [-0.2, 0) is 0 Å². The van der Waals surface area contributed by atoms with Crippen LogP contribution in [0.15, 0.2) is 12.4 Å². The summed E-state index contributed by atoms with van der Waals surface area (Å²) in [5.41, 5.74) is 0. The zero-order valence-electron chi connectivity index (χ0n) is 10.2. The molecule has 3 heteroatoms. The van der Waals surface area contributed by atoms with Crippen LogP contribution in [-0.4, -0.2) is 16.0 Å². The van der Waals surface area contributed by atoms with Gasteiger partial charge in [0.1, 0.15) is 5.82 Å². The fraction of sp³-hybridized carbons (Fsp3) is 0.769. The molecule has 1 aromatic rings. The zero-order chi connectivity index (χ0) is 11.2. The Morgan fingerprint density at radius 3 is 2.56 bits per heavy atom. The second-order valence-corrected chi connectivity index (χ2v) is 4.90. The molecule has 1 heterocycles. The number of imidazole rings is 1. The van der Waals surface area contributed by atoms with Crippen molar-refractivity contribution in [1.82, 2.24) is 15.3 Å². The Kier molecular flexibility index (Phi) is 4.40. The summed E-state index contributed by atoms with van der Waals surface area (Å²) in [6.07, 6.45) is 13.4. The van der Waals surface area contributed by atoms with Gasteiger partial charge >= 0.3 is 0 Å². The van der Waals surface area contributed by atoms with E-state index in [-0.39, 0.29) is 0 Å². The second-order valence-electron chi connectivity index (χ2n) is 4.90. The molecule has 0 aliphatic heterocycles. The monoisotopic (exact) mass is 221 g/mol. The number of H-pyrrole nitrogens is 1. The van der Waals surface area contributed by atoms with E-state index in [1.54, 1.807) is 0 Å². The Morgan fingerprint density at radius 1 is 1.25 bits per heavy atom. The molecular formula is C13H23N3. The number of hydrogen-bond donors (Lipinski definition) is 2. The van der Waals surface area contributed by atoms with Crippen LogP contribution in [0.5, 0.6) is 0 Å². The van der Waals surface area contributed by atoms with E-state index in [0.717, 1.165) is 5.82 Å². The molecule has 1 atom stereocenters. The summed E-state index contributed by atoms with van der Waals surface area (Å²) in [6, 6.07) is 1.03. The Bertz CT molecular complexity index is 273. The SMILES string of the molecule is CC(NC1CCCCCCC1)c1ncc[nH]1. The Labute approximate surface area is 98.1 Å². The molecule has 0 saturated heterocycles. The van der Waals surface area contributed by atoms with Crippen molar-refractivity contribution in [3.05, 3.63) is 18.2 Å². The fourth-order valence-corrected chi connectivity index (χ4v) is 2.57. The second kappa shape index (κ2) is 6.04. The third-order valence-electron chi connectivity index (χ3n) is 3.52. The third kappa shape index (κ3) is 3.34. The first kappa shape index (κ1) is 11.6. The highest BCUT2D eigenvalue weighted by Crippen LogP contribution is 2.19. The molecule has 2 rings (SSSR count). The number of nitrogens with zero attached hydrogens (tertiary/aromatic N) is 1. The lowest BCUT2D eigenvalue weighted by Gasteiger charge is -2.24. The van der Waals surface area contributed by atoms with Gasteiger partial charge in [-0.25, -0.2) is 4.98 Å². The first-order valence-corrected chi connectivity index (χ1v) is 6.61. The fourth-order valence-electron chi connectivity index (χ4n) is 2.57. The molecule has 1 fully saturated rings. The van der Waals surface area contributed by atoms with Crippen LogP contribution >= 0.6 is 0 Å². The van der Waals surface area contributed by atoms with E-state index in [1.165, 1.54) is 44.9 Å². The van der Waals surface area contributed by atoms with Crippen LogP contribution in [0.1, 0.15) is 63.7 Å². The molecular weight excluding hydrogens is 198 g/mol. The average molecular weight is 221 g/mol. The van der Waals surface area contributed by atoms with Crippen molar-refractivity contribution in [2.45, 2.75) is 64.0 Å². The van der Waals surface area contributed by atoms with E-state index < -0.39 is 0 Å². The Hall–Kier alpha value is -0.830. The topological polar surface area (TPSA) is 40.7 Å². The highest BCUT2D eigenvalue weighted by atomic mass is 15.0. The number of rotatable bonds is 3. The highest BCUT2D eigenvalue weighted by molar-refractivity contribution is 4.94. The van der Waals surface area contributed by atoms with Crippen LogP contribution in [0.2, 0.25) is 0 Å². The predicted molar refractivity (Wildman–Crippen MR) is 66.2 cm³/mol. The highest BCUT2D eigenvalue weighted by Gasteiger charge is 2.15.